The average molecular weight is 1070 g/mol. The zero-order valence-corrected chi connectivity index (χ0v) is 38.0. The molecule has 8 rings (SSSR count). The van der Waals surface area contributed by atoms with Gasteiger partial charge in [-0.3, -0.25) is 34.9 Å². The van der Waals surface area contributed by atoms with E-state index in [1.54, 1.807) is 43.4 Å². The first kappa shape index (κ1) is 56.6. The first-order valence-corrected chi connectivity index (χ1v) is 22.4. The van der Waals surface area contributed by atoms with Gasteiger partial charge in [0.05, 0.1) is 39.9 Å². The summed E-state index contributed by atoms with van der Waals surface area (Å²) in [6.45, 7) is 3.06. The third kappa shape index (κ3) is 28.9. The Bertz CT molecular complexity index is 2500. The van der Waals surface area contributed by atoms with Gasteiger partial charge in [0, 0.05) is 48.9 Å². The molecule has 356 valence electrons. The average Bonchev–Trinajstić information content (AvgIpc) is 3.26. The molecule has 0 amide bonds. The summed E-state index contributed by atoms with van der Waals surface area (Å²) in [4.78, 5) is 39.4. The summed E-state index contributed by atoms with van der Waals surface area (Å²) in [6, 6.07) is 42.4. The Morgan fingerprint density at radius 1 is 0.343 bits per heavy atom. The van der Waals surface area contributed by atoms with Crippen LogP contribution < -0.4 is 0 Å². The zero-order valence-electron chi connectivity index (χ0n) is 34.5. The number of aromatic nitrogens is 9. The number of Topliss-reactive ketones (excluding diaryl/α,β-unsaturated/α-hetero) is 1. The van der Waals surface area contributed by atoms with Gasteiger partial charge in [-0.2, -0.15) is 0 Å². The molecule has 25 heteroatoms. The predicted molar refractivity (Wildman–Crippen MR) is 230 cm³/mol. The van der Waals surface area contributed by atoms with Crippen LogP contribution in [0.5, 0.6) is 0 Å². The smallest absolute Gasteiger partial charge is 0.256 e. The maximum absolute atomic E-state index is 10.7. The van der Waals surface area contributed by atoms with Crippen LogP contribution in [0.4, 0.5) is 50.4 Å². The molecule has 0 N–H and O–H groups in total. The van der Waals surface area contributed by atoms with Crippen molar-refractivity contribution < 1.29 is 74.6 Å². The quantitative estimate of drug-likeness (QED) is 0.0932. The number of hydrogen-bond donors (Lipinski definition) is 0. The number of halogens is 12. The summed E-state index contributed by atoms with van der Waals surface area (Å²) < 4.78 is 118. The van der Waals surface area contributed by atoms with Crippen molar-refractivity contribution in [2.45, 2.75) is 13.8 Å². The number of rotatable bonds is 5. The second kappa shape index (κ2) is 22.8. The fraction of sp³-hybridized carbons (Fsp3) is 0.0476. The van der Waals surface area contributed by atoms with Crippen molar-refractivity contribution >= 4 is 21.4 Å². The summed E-state index contributed by atoms with van der Waals surface area (Å²) in [5.41, 5.74) is 8.31. The molecular weight excluding hydrogens is 1040 g/mol. The number of carbonyl (C=O) groups is 1. The van der Waals surface area contributed by atoms with E-state index in [-0.39, 0.29) is 25.3 Å². The largest absolute Gasteiger partial charge is 2.00 e. The predicted octanol–water partition coefficient (Wildman–Crippen LogP) is 15.3. The molecule has 0 atom stereocenters. The van der Waals surface area contributed by atoms with E-state index >= 15 is 0 Å². The van der Waals surface area contributed by atoms with Crippen LogP contribution >= 0.6 is 15.6 Å². The first-order valence-electron chi connectivity index (χ1n) is 18.4. The Labute approximate surface area is 387 Å². The minimum Gasteiger partial charge on any atom is -0.256 e. The Morgan fingerprint density at radius 3 is 0.776 bits per heavy atom. The minimum atomic E-state index is -10.7. The van der Waals surface area contributed by atoms with Crippen molar-refractivity contribution in [1.29, 1.82) is 0 Å². The summed E-state index contributed by atoms with van der Waals surface area (Å²) in [6.07, 6.45) is 12.3. The van der Waals surface area contributed by atoms with Crippen molar-refractivity contribution in [3.05, 3.63) is 177 Å². The van der Waals surface area contributed by atoms with E-state index in [1.807, 2.05) is 133 Å². The normalized spacial score (nSPS) is 12.4. The van der Waals surface area contributed by atoms with Crippen molar-refractivity contribution in [3.8, 4) is 56.8 Å². The van der Waals surface area contributed by atoms with Crippen molar-refractivity contribution in [1.82, 2.24) is 45.1 Å². The van der Waals surface area contributed by atoms with E-state index in [0.29, 0.717) is 11.4 Å². The van der Waals surface area contributed by atoms with E-state index in [1.165, 1.54) is 13.8 Å². The second-order valence-electron chi connectivity index (χ2n) is 12.8. The third-order valence-corrected chi connectivity index (χ3v) is 6.75. The van der Waals surface area contributed by atoms with E-state index in [2.05, 4.69) is 45.1 Å². The van der Waals surface area contributed by atoms with Crippen LogP contribution in [0.15, 0.2) is 177 Å². The Hall–Kier alpha value is -6.56. The Kier molecular flexibility index (Phi) is 19.2. The molecule has 0 saturated carbocycles. The molecule has 0 fully saturated rings. The van der Waals surface area contributed by atoms with Crippen LogP contribution in [0.2, 0.25) is 0 Å². The monoisotopic (exact) mass is 1070 g/mol. The zero-order chi connectivity index (χ0) is 49.0. The SMILES string of the molecule is CC(C)=O.F[P-](F)(F)(F)(F)F.F[P-](F)(F)(F)(F)F.[Ru+2].c1ccc(-c2cc(-c3ccccn3)c(-c3ccccn3)nn2)nc1.c1ccc(-c2ccccn2)nc1.c1ccc(-c2ccccn2)nc1. The summed E-state index contributed by atoms with van der Waals surface area (Å²) >= 11 is 0. The molecule has 0 aromatic carbocycles. The van der Waals surface area contributed by atoms with Crippen LogP contribution in [0.3, 0.4) is 0 Å². The molecule has 0 bridgehead atoms. The molecule has 0 saturated heterocycles. The first-order chi connectivity index (χ1) is 30.5. The summed E-state index contributed by atoms with van der Waals surface area (Å²) in [5, 5.41) is 8.74. The van der Waals surface area contributed by atoms with Gasteiger partial charge in [0.2, 0.25) is 0 Å². The molecule has 0 spiro atoms. The van der Waals surface area contributed by atoms with E-state index in [0.717, 1.165) is 45.4 Å². The third-order valence-electron chi connectivity index (χ3n) is 6.75. The van der Waals surface area contributed by atoms with Gasteiger partial charge in [0.25, 0.3) is 0 Å². The van der Waals surface area contributed by atoms with Gasteiger partial charge in [-0.05, 0) is 105 Å². The van der Waals surface area contributed by atoms with E-state index in [4.69, 9.17) is 0 Å². The molecule has 8 aromatic heterocycles. The van der Waals surface area contributed by atoms with E-state index in [9.17, 15) is 55.2 Å². The number of hydrogen-bond acceptors (Lipinski definition) is 10. The van der Waals surface area contributed by atoms with Gasteiger partial charge >= 0.3 is 85.5 Å². The van der Waals surface area contributed by atoms with Crippen molar-refractivity contribution in [2.24, 2.45) is 0 Å². The number of ketones is 1. The molecular formula is C42H35F12N9OP2Ru. The van der Waals surface area contributed by atoms with Crippen LogP contribution in [0.1, 0.15) is 13.8 Å². The number of carbonyl (C=O) groups excluding carboxylic acids is 1. The van der Waals surface area contributed by atoms with Gasteiger partial charge in [0.1, 0.15) is 17.2 Å². The summed E-state index contributed by atoms with van der Waals surface area (Å²) in [5.74, 6) is 0.167. The topological polar surface area (TPSA) is 133 Å². The molecule has 0 aliphatic heterocycles. The van der Waals surface area contributed by atoms with Crippen LogP contribution in [0.25, 0.3) is 56.8 Å². The number of pyridine rings is 7. The Morgan fingerprint density at radius 2 is 0.552 bits per heavy atom. The van der Waals surface area contributed by atoms with Crippen molar-refractivity contribution in [3.63, 3.8) is 0 Å². The van der Waals surface area contributed by atoms with Crippen LogP contribution in [-0.4, -0.2) is 50.9 Å². The van der Waals surface area contributed by atoms with Crippen LogP contribution in [-0.2, 0) is 24.3 Å². The molecule has 10 nitrogen and oxygen atoms in total. The van der Waals surface area contributed by atoms with Gasteiger partial charge in [-0.1, -0.05) is 42.5 Å². The molecule has 0 aliphatic rings. The molecule has 0 radical (unpaired) electrons. The molecule has 8 heterocycles. The van der Waals surface area contributed by atoms with Crippen molar-refractivity contribution in [2.75, 3.05) is 0 Å². The second-order valence-corrected chi connectivity index (χ2v) is 16.7. The summed E-state index contributed by atoms with van der Waals surface area (Å²) in [7, 11) is -21.3. The van der Waals surface area contributed by atoms with Gasteiger partial charge < -0.3 is 4.79 Å². The molecule has 67 heavy (non-hydrogen) atoms. The Balaban J connectivity index is 0.000000306. The molecule has 8 aromatic rings. The minimum absolute atomic E-state index is 0. The standard InChI is InChI=1S/C19H13N5.2C10H8N2.C3H6O.2F6P.Ru/c1-4-10-20-15(7-1)14-13-18(16-8-2-5-11-21-16)23-24-19(14)17-9-3-6-12-22-17;2*1-3-7-11-9(5-1)10-6-2-4-8-12-10;1-3(2)4;2*1-7(2,3,4,5)6;/h1-13H;2*1-8H;1-2H3;;;/q;;;;2*-1;+2. The van der Waals surface area contributed by atoms with Crippen LogP contribution in [0, 0.1) is 0 Å². The van der Waals surface area contributed by atoms with Gasteiger partial charge in [-0.15, -0.1) is 10.2 Å². The maximum Gasteiger partial charge on any atom is 2.00 e. The fourth-order valence-electron chi connectivity index (χ4n) is 4.50. The van der Waals surface area contributed by atoms with Gasteiger partial charge in [-0.25, -0.2) is 0 Å². The number of nitrogens with zero attached hydrogens (tertiary/aromatic N) is 9. The molecule has 0 aliphatic carbocycles. The molecule has 0 unspecified atom stereocenters. The van der Waals surface area contributed by atoms with Gasteiger partial charge in [0.15, 0.2) is 0 Å². The fourth-order valence-corrected chi connectivity index (χ4v) is 4.50. The van der Waals surface area contributed by atoms with E-state index < -0.39 is 15.6 Å². The maximum atomic E-state index is 9.87.